The van der Waals surface area contributed by atoms with E-state index in [1.807, 2.05) is 6.08 Å². The lowest BCUT2D eigenvalue weighted by Crippen LogP contribution is -2.60. The summed E-state index contributed by atoms with van der Waals surface area (Å²) < 4.78 is 11.2. The lowest BCUT2D eigenvalue weighted by Gasteiger charge is -2.40. The van der Waals surface area contributed by atoms with E-state index in [0.29, 0.717) is 6.42 Å². The third-order valence-corrected chi connectivity index (χ3v) is 13.0. The molecule has 0 aromatic rings. The van der Waals surface area contributed by atoms with Crippen LogP contribution in [0.5, 0.6) is 0 Å². The van der Waals surface area contributed by atoms with Crippen molar-refractivity contribution >= 4 is 5.91 Å². The van der Waals surface area contributed by atoms with Gasteiger partial charge in [-0.25, -0.2) is 0 Å². The SMILES string of the molecule is CCCCCC/C=C/C(O)C(COC1OC(CO)C(O)C(O)C1O)NC(=O)CCCCCCCCCCCCCCCCCCCCCCCCC/C=C\C/C=C\CCCCCCC. The standard InChI is InChI=1S/C55H103NO8/c1-3-5-7-9-11-12-13-14-15-16-17-18-19-20-21-22-23-24-25-26-27-28-29-30-31-32-33-34-35-36-37-38-39-41-43-45-51(59)56-48(49(58)44-42-40-10-8-6-4-2)47-63-55-54(62)53(61)52(60)50(46-57)64-55/h13-14,16-17,42,44,48-50,52-55,57-58,60-62H,3-12,15,18-41,43,45-47H2,1-2H3,(H,56,59)/b14-13-,17-16-,44-42+. The van der Waals surface area contributed by atoms with Gasteiger partial charge in [-0.3, -0.25) is 4.79 Å². The van der Waals surface area contributed by atoms with E-state index in [0.717, 1.165) is 51.4 Å². The van der Waals surface area contributed by atoms with Crippen LogP contribution in [-0.2, 0) is 14.3 Å². The van der Waals surface area contributed by atoms with Gasteiger partial charge >= 0.3 is 0 Å². The van der Waals surface area contributed by atoms with Crippen LogP contribution in [0.25, 0.3) is 0 Å². The first-order chi connectivity index (χ1) is 31.3. The molecular formula is C55H103NO8. The van der Waals surface area contributed by atoms with Gasteiger partial charge in [-0.05, 0) is 51.4 Å². The van der Waals surface area contributed by atoms with Gasteiger partial charge < -0.3 is 40.3 Å². The summed E-state index contributed by atoms with van der Waals surface area (Å²) in [5.74, 6) is -0.179. The van der Waals surface area contributed by atoms with Crippen LogP contribution in [0.15, 0.2) is 36.5 Å². The first-order valence-corrected chi connectivity index (χ1v) is 27.2. The number of allylic oxidation sites excluding steroid dienone is 5. The van der Waals surface area contributed by atoms with Crippen LogP contribution >= 0.6 is 0 Å². The Morgan fingerprint density at radius 2 is 0.922 bits per heavy atom. The Bertz CT molecular complexity index is 1100. The third-order valence-electron chi connectivity index (χ3n) is 13.0. The summed E-state index contributed by atoms with van der Waals surface area (Å²) >= 11 is 0. The van der Waals surface area contributed by atoms with E-state index in [-0.39, 0.29) is 12.5 Å². The van der Waals surface area contributed by atoms with Crippen LogP contribution in [-0.4, -0.2) is 87.5 Å². The fraction of sp³-hybridized carbons (Fsp3) is 0.873. The molecule has 64 heavy (non-hydrogen) atoms. The summed E-state index contributed by atoms with van der Waals surface area (Å²) in [7, 11) is 0. The van der Waals surface area contributed by atoms with E-state index >= 15 is 0 Å². The van der Waals surface area contributed by atoms with Gasteiger partial charge in [0.25, 0.3) is 0 Å². The molecule has 1 rings (SSSR count). The normalized spacial score (nSPS) is 20.3. The summed E-state index contributed by atoms with van der Waals surface area (Å²) in [4.78, 5) is 12.9. The van der Waals surface area contributed by atoms with Crippen LogP contribution in [0.3, 0.4) is 0 Å². The second-order valence-electron chi connectivity index (χ2n) is 19.0. The van der Waals surface area contributed by atoms with E-state index in [2.05, 4.69) is 43.5 Å². The number of unbranched alkanes of at least 4 members (excludes halogenated alkanes) is 32. The molecule has 0 bridgehead atoms. The Labute approximate surface area is 393 Å². The predicted molar refractivity (Wildman–Crippen MR) is 267 cm³/mol. The molecule has 9 heteroatoms. The van der Waals surface area contributed by atoms with E-state index in [1.165, 1.54) is 180 Å². The maximum absolute atomic E-state index is 12.9. The molecule has 1 fully saturated rings. The molecule has 0 saturated carbocycles. The van der Waals surface area contributed by atoms with Crippen molar-refractivity contribution in [1.82, 2.24) is 5.32 Å². The Hall–Kier alpha value is -1.59. The number of hydrogen-bond acceptors (Lipinski definition) is 8. The molecule has 7 unspecified atom stereocenters. The van der Waals surface area contributed by atoms with E-state index in [4.69, 9.17) is 9.47 Å². The Balaban J connectivity index is 1.99. The molecule has 6 N–H and O–H groups in total. The highest BCUT2D eigenvalue weighted by atomic mass is 16.7. The molecule has 1 aliphatic heterocycles. The first kappa shape index (κ1) is 60.4. The fourth-order valence-corrected chi connectivity index (χ4v) is 8.60. The maximum Gasteiger partial charge on any atom is 0.220 e. The monoisotopic (exact) mass is 906 g/mol. The van der Waals surface area contributed by atoms with Crippen LogP contribution in [0.4, 0.5) is 0 Å². The highest BCUT2D eigenvalue weighted by Gasteiger charge is 2.44. The van der Waals surface area contributed by atoms with Crippen LogP contribution in [0, 0.1) is 0 Å². The summed E-state index contributed by atoms with van der Waals surface area (Å²) in [6, 6.07) is -0.799. The number of carbonyl (C=O) groups excluding carboxylic acids is 1. The molecule has 1 saturated heterocycles. The number of rotatable bonds is 46. The number of nitrogens with one attached hydrogen (secondary N) is 1. The summed E-state index contributed by atoms with van der Waals surface area (Å²) in [5.41, 5.74) is 0. The van der Waals surface area contributed by atoms with Crippen molar-refractivity contribution in [2.45, 2.75) is 294 Å². The van der Waals surface area contributed by atoms with Crippen molar-refractivity contribution in [3.63, 3.8) is 0 Å². The minimum atomic E-state index is -1.56. The molecule has 1 amide bonds. The Morgan fingerprint density at radius 3 is 1.36 bits per heavy atom. The number of hydrogen-bond donors (Lipinski definition) is 6. The number of aliphatic hydroxyl groups is 5. The minimum absolute atomic E-state index is 0.179. The zero-order chi connectivity index (χ0) is 46.6. The topological polar surface area (TPSA) is 149 Å². The second kappa shape index (κ2) is 45.2. The molecule has 1 aliphatic rings. The van der Waals surface area contributed by atoms with E-state index in [1.54, 1.807) is 6.08 Å². The average molecular weight is 906 g/mol. The van der Waals surface area contributed by atoms with Gasteiger partial charge in [0, 0.05) is 6.42 Å². The predicted octanol–water partition coefficient (Wildman–Crippen LogP) is 12.8. The second-order valence-corrected chi connectivity index (χ2v) is 19.0. The van der Waals surface area contributed by atoms with Gasteiger partial charge in [-0.2, -0.15) is 0 Å². The van der Waals surface area contributed by atoms with Crippen molar-refractivity contribution in [2.24, 2.45) is 0 Å². The molecular weight excluding hydrogens is 803 g/mol. The van der Waals surface area contributed by atoms with Gasteiger partial charge in [0.15, 0.2) is 6.29 Å². The zero-order valence-corrected chi connectivity index (χ0v) is 41.5. The first-order valence-electron chi connectivity index (χ1n) is 27.2. The molecule has 7 atom stereocenters. The molecule has 9 nitrogen and oxygen atoms in total. The maximum atomic E-state index is 12.9. The molecule has 376 valence electrons. The average Bonchev–Trinajstić information content (AvgIpc) is 3.29. The van der Waals surface area contributed by atoms with Crippen molar-refractivity contribution < 1.29 is 39.8 Å². The number of amides is 1. The zero-order valence-electron chi connectivity index (χ0n) is 41.5. The lowest BCUT2D eigenvalue weighted by atomic mass is 9.99. The summed E-state index contributed by atoms with van der Waals surface area (Å²) in [5, 5.41) is 53.9. The lowest BCUT2D eigenvalue weighted by molar-refractivity contribution is -0.302. The Morgan fingerprint density at radius 1 is 0.531 bits per heavy atom. The molecule has 0 spiro atoms. The van der Waals surface area contributed by atoms with Gasteiger partial charge in [-0.1, -0.05) is 230 Å². The highest BCUT2D eigenvalue weighted by Crippen LogP contribution is 2.23. The largest absolute Gasteiger partial charge is 0.394 e. The summed E-state index contributed by atoms with van der Waals surface area (Å²) in [6.45, 7) is 3.69. The van der Waals surface area contributed by atoms with E-state index < -0.39 is 49.5 Å². The molecule has 0 aliphatic carbocycles. The van der Waals surface area contributed by atoms with Gasteiger partial charge in [-0.15, -0.1) is 0 Å². The van der Waals surface area contributed by atoms with Crippen LogP contribution in [0.1, 0.15) is 251 Å². The van der Waals surface area contributed by atoms with Crippen molar-refractivity contribution in [1.29, 1.82) is 0 Å². The smallest absolute Gasteiger partial charge is 0.220 e. The van der Waals surface area contributed by atoms with Gasteiger partial charge in [0.05, 0.1) is 25.4 Å². The highest BCUT2D eigenvalue weighted by molar-refractivity contribution is 5.76. The third kappa shape index (κ3) is 34.7. The number of carbonyl (C=O) groups is 1. The summed E-state index contributed by atoms with van der Waals surface area (Å²) in [6.07, 6.45) is 51.3. The molecule has 0 aromatic carbocycles. The van der Waals surface area contributed by atoms with Gasteiger partial charge in [0.2, 0.25) is 5.91 Å². The fourth-order valence-electron chi connectivity index (χ4n) is 8.60. The number of ether oxygens (including phenoxy) is 2. The molecule has 0 aromatic heterocycles. The molecule has 0 radical (unpaired) electrons. The van der Waals surface area contributed by atoms with Crippen LogP contribution < -0.4 is 5.32 Å². The van der Waals surface area contributed by atoms with E-state index in [9.17, 15) is 30.3 Å². The minimum Gasteiger partial charge on any atom is -0.394 e. The van der Waals surface area contributed by atoms with Crippen molar-refractivity contribution in [2.75, 3.05) is 13.2 Å². The van der Waals surface area contributed by atoms with Crippen LogP contribution in [0.2, 0.25) is 0 Å². The number of aliphatic hydroxyl groups excluding tert-OH is 5. The Kier molecular flexibility index (Phi) is 42.7. The van der Waals surface area contributed by atoms with Crippen molar-refractivity contribution in [3.8, 4) is 0 Å². The molecule has 1 heterocycles. The quantitative estimate of drug-likeness (QED) is 0.0261. The van der Waals surface area contributed by atoms with Crippen molar-refractivity contribution in [3.05, 3.63) is 36.5 Å². The van der Waals surface area contributed by atoms with Gasteiger partial charge in [0.1, 0.15) is 24.4 Å².